The van der Waals surface area contributed by atoms with Crippen molar-refractivity contribution in [3.05, 3.63) is 16.1 Å². The molecule has 18 heavy (non-hydrogen) atoms. The Morgan fingerprint density at radius 1 is 1.50 bits per heavy atom. The van der Waals surface area contributed by atoms with Gasteiger partial charge in [-0.25, -0.2) is 13.4 Å². The van der Waals surface area contributed by atoms with E-state index in [0.717, 1.165) is 23.7 Å². The summed E-state index contributed by atoms with van der Waals surface area (Å²) in [5, 5.41) is 3.12. The van der Waals surface area contributed by atoms with Gasteiger partial charge in [-0.05, 0) is 26.4 Å². The fourth-order valence-corrected chi connectivity index (χ4v) is 3.55. The van der Waals surface area contributed by atoms with Crippen molar-refractivity contribution in [2.75, 3.05) is 25.9 Å². The van der Waals surface area contributed by atoms with Crippen LogP contribution in [-0.2, 0) is 16.6 Å². The molecule has 0 aliphatic carbocycles. The molecule has 0 amide bonds. The van der Waals surface area contributed by atoms with E-state index in [-0.39, 0.29) is 5.75 Å². The van der Waals surface area contributed by atoms with E-state index in [2.05, 4.69) is 10.3 Å². The highest BCUT2D eigenvalue weighted by Gasteiger charge is 2.18. The minimum Gasteiger partial charge on any atom is -0.317 e. The van der Waals surface area contributed by atoms with Crippen LogP contribution < -0.4 is 5.32 Å². The smallest absolute Gasteiger partial charge is 0.214 e. The molecule has 0 aromatic carbocycles. The van der Waals surface area contributed by atoms with Crippen LogP contribution in [0.5, 0.6) is 0 Å². The Morgan fingerprint density at radius 2 is 2.22 bits per heavy atom. The van der Waals surface area contributed by atoms with Gasteiger partial charge >= 0.3 is 0 Å². The number of rotatable bonds is 8. The molecule has 0 atom stereocenters. The van der Waals surface area contributed by atoms with Gasteiger partial charge in [-0.2, -0.15) is 4.31 Å². The molecule has 104 valence electrons. The number of thiazole rings is 1. The van der Waals surface area contributed by atoms with Crippen LogP contribution in [0.3, 0.4) is 0 Å². The summed E-state index contributed by atoms with van der Waals surface area (Å²) < 4.78 is 25.4. The molecule has 1 aromatic rings. The van der Waals surface area contributed by atoms with E-state index >= 15 is 0 Å². The SMILES string of the molecule is CCNCCCS(=O)(=O)N(C)Cc1scnc1C. The van der Waals surface area contributed by atoms with Crippen LogP contribution in [0.25, 0.3) is 0 Å². The lowest BCUT2D eigenvalue weighted by Crippen LogP contribution is -2.30. The zero-order valence-electron chi connectivity index (χ0n) is 11.1. The fourth-order valence-electron chi connectivity index (χ4n) is 1.49. The monoisotopic (exact) mass is 291 g/mol. The number of nitrogens with zero attached hydrogens (tertiary/aromatic N) is 2. The third-order valence-electron chi connectivity index (χ3n) is 2.69. The standard InChI is InChI=1S/C11H21N3O2S2/c1-4-12-6-5-7-18(15,16)14(3)8-11-10(2)13-9-17-11/h9,12H,4-8H2,1-3H3. The number of hydrogen-bond donors (Lipinski definition) is 1. The molecule has 0 fully saturated rings. The third-order valence-corrected chi connectivity index (χ3v) is 5.50. The molecule has 0 aliphatic heterocycles. The van der Waals surface area contributed by atoms with E-state index in [0.29, 0.717) is 13.0 Å². The Balaban J connectivity index is 2.49. The minimum absolute atomic E-state index is 0.189. The highest BCUT2D eigenvalue weighted by Crippen LogP contribution is 2.16. The van der Waals surface area contributed by atoms with E-state index in [9.17, 15) is 8.42 Å². The summed E-state index contributed by atoms with van der Waals surface area (Å²) in [6, 6.07) is 0. The van der Waals surface area contributed by atoms with Gasteiger partial charge < -0.3 is 5.32 Å². The summed E-state index contributed by atoms with van der Waals surface area (Å²) in [6.45, 7) is 5.93. The highest BCUT2D eigenvalue weighted by atomic mass is 32.2. The molecule has 1 aromatic heterocycles. The van der Waals surface area contributed by atoms with Gasteiger partial charge in [0.2, 0.25) is 10.0 Å². The number of aromatic nitrogens is 1. The first kappa shape index (κ1) is 15.6. The van der Waals surface area contributed by atoms with E-state index in [1.54, 1.807) is 12.6 Å². The van der Waals surface area contributed by atoms with E-state index in [1.807, 2.05) is 13.8 Å². The molecule has 5 nitrogen and oxygen atoms in total. The van der Waals surface area contributed by atoms with Crippen molar-refractivity contribution in [3.63, 3.8) is 0 Å². The summed E-state index contributed by atoms with van der Waals surface area (Å²) in [5.41, 5.74) is 2.66. The van der Waals surface area contributed by atoms with E-state index in [4.69, 9.17) is 0 Å². The van der Waals surface area contributed by atoms with Gasteiger partial charge in [0.05, 0.1) is 17.0 Å². The molecule has 0 aliphatic rings. The van der Waals surface area contributed by atoms with Gasteiger partial charge in [0.1, 0.15) is 0 Å². The van der Waals surface area contributed by atoms with Crippen molar-refractivity contribution in [2.45, 2.75) is 26.8 Å². The van der Waals surface area contributed by atoms with Crippen LogP contribution in [0.4, 0.5) is 0 Å². The molecule has 1 heterocycles. The van der Waals surface area contributed by atoms with Gasteiger partial charge in [-0.1, -0.05) is 6.92 Å². The molecular weight excluding hydrogens is 270 g/mol. The highest BCUT2D eigenvalue weighted by molar-refractivity contribution is 7.89. The zero-order chi connectivity index (χ0) is 13.6. The second-order valence-electron chi connectivity index (χ2n) is 4.14. The van der Waals surface area contributed by atoms with Gasteiger partial charge in [-0.15, -0.1) is 11.3 Å². The second-order valence-corrected chi connectivity index (χ2v) is 7.27. The first-order valence-electron chi connectivity index (χ1n) is 6.01. The summed E-state index contributed by atoms with van der Waals surface area (Å²) in [4.78, 5) is 5.13. The maximum Gasteiger partial charge on any atom is 0.214 e. The first-order valence-corrected chi connectivity index (χ1v) is 8.50. The summed E-state index contributed by atoms with van der Waals surface area (Å²) >= 11 is 1.50. The Morgan fingerprint density at radius 3 is 2.78 bits per heavy atom. The van der Waals surface area contributed by atoms with Crippen LogP contribution in [0.1, 0.15) is 23.9 Å². The Labute approximate surface area is 113 Å². The molecule has 0 saturated carbocycles. The largest absolute Gasteiger partial charge is 0.317 e. The third kappa shape index (κ3) is 4.64. The second kappa shape index (κ2) is 7.18. The molecule has 0 spiro atoms. The average Bonchev–Trinajstić information content (AvgIpc) is 2.71. The van der Waals surface area contributed by atoms with Gasteiger partial charge in [0.15, 0.2) is 0 Å². The molecule has 0 bridgehead atoms. The van der Waals surface area contributed by atoms with Gasteiger partial charge in [0.25, 0.3) is 0 Å². The molecule has 1 rings (SSSR count). The first-order chi connectivity index (χ1) is 8.47. The van der Waals surface area contributed by atoms with Crippen LogP contribution in [-0.4, -0.2) is 43.6 Å². The number of sulfonamides is 1. The van der Waals surface area contributed by atoms with Crippen LogP contribution >= 0.6 is 11.3 Å². The fraction of sp³-hybridized carbons (Fsp3) is 0.727. The summed E-state index contributed by atoms with van der Waals surface area (Å²) in [7, 11) is -1.53. The lowest BCUT2D eigenvalue weighted by Gasteiger charge is -2.16. The molecule has 1 N–H and O–H groups in total. The van der Waals surface area contributed by atoms with Gasteiger partial charge in [-0.3, -0.25) is 0 Å². The quantitative estimate of drug-likeness (QED) is 0.731. The average molecular weight is 291 g/mol. The van der Waals surface area contributed by atoms with Crippen molar-refractivity contribution in [1.82, 2.24) is 14.6 Å². The lowest BCUT2D eigenvalue weighted by atomic mass is 10.4. The van der Waals surface area contributed by atoms with Gasteiger partial charge in [0, 0.05) is 18.5 Å². The zero-order valence-corrected chi connectivity index (χ0v) is 12.8. The van der Waals surface area contributed by atoms with Crippen molar-refractivity contribution >= 4 is 21.4 Å². The lowest BCUT2D eigenvalue weighted by molar-refractivity contribution is 0.466. The van der Waals surface area contributed by atoms with Crippen molar-refractivity contribution in [2.24, 2.45) is 0 Å². The maximum absolute atomic E-state index is 12.0. The van der Waals surface area contributed by atoms with Crippen molar-refractivity contribution in [1.29, 1.82) is 0 Å². The maximum atomic E-state index is 12.0. The van der Waals surface area contributed by atoms with Crippen LogP contribution in [0.15, 0.2) is 5.51 Å². The minimum atomic E-state index is -3.16. The summed E-state index contributed by atoms with van der Waals surface area (Å²) in [5.74, 6) is 0.189. The molecule has 7 heteroatoms. The Hall–Kier alpha value is -0.500. The molecular formula is C11H21N3O2S2. The van der Waals surface area contributed by atoms with Crippen LogP contribution in [0.2, 0.25) is 0 Å². The number of aryl methyl sites for hydroxylation is 1. The normalized spacial score (nSPS) is 12.2. The molecule has 0 saturated heterocycles. The predicted octanol–water partition coefficient (Wildman–Crippen LogP) is 1.21. The number of nitrogens with one attached hydrogen (secondary N) is 1. The Bertz CT molecular complexity index is 457. The van der Waals surface area contributed by atoms with E-state index < -0.39 is 10.0 Å². The van der Waals surface area contributed by atoms with Crippen molar-refractivity contribution in [3.8, 4) is 0 Å². The molecule has 0 radical (unpaired) electrons. The summed E-state index contributed by atoms with van der Waals surface area (Å²) in [6.07, 6.45) is 0.641. The van der Waals surface area contributed by atoms with Crippen LogP contribution in [0, 0.1) is 6.92 Å². The Kier molecular flexibility index (Phi) is 6.20. The number of hydrogen-bond acceptors (Lipinski definition) is 5. The predicted molar refractivity (Wildman–Crippen MR) is 75.3 cm³/mol. The molecule has 0 unspecified atom stereocenters. The topological polar surface area (TPSA) is 62.3 Å². The van der Waals surface area contributed by atoms with Crippen molar-refractivity contribution < 1.29 is 8.42 Å². The van der Waals surface area contributed by atoms with E-state index in [1.165, 1.54) is 15.6 Å².